The van der Waals surface area contributed by atoms with Gasteiger partial charge in [-0.05, 0) is 80.9 Å². The van der Waals surface area contributed by atoms with Crippen molar-refractivity contribution in [3.8, 4) is 5.75 Å². The molecule has 0 radical (unpaired) electrons. The van der Waals surface area contributed by atoms with Crippen LogP contribution in [0.4, 0.5) is 0 Å². The molecule has 1 aliphatic rings. The number of hydrogen-bond acceptors (Lipinski definition) is 2. The van der Waals surface area contributed by atoms with Gasteiger partial charge in [0, 0.05) is 0 Å². The highest BCUT2D eigenvalue weighted by atomic mass is 35.5. The van der Waals surface area contributed by atoms with Crippen molar-refractivity contribution in [3.05, 3.63) is 65.7 Å². The molecule has 2 aromatic rings. The quantitative estimate of drug-likeness (QED) is 0.329. The summed E-state index contributed by atoms with van der Waals surface area (Å²) in [6.07, 6.45) is 11.8. The molecule has 1 heterocycles. The molecular formula is C27H40ClNO. The van der Waals surface area contributed by atoms with Crippen LogP contribution in [0.25, 0.3) is 0 Å². The molecule has 0 aliphatic carbocycles. The Morgan fingerprint density at radius 2 is 1.47 bits per heavy atom. The first kappa shape index (κ1) is 24.8. The first-order chi connectivity index (χ1) is 14.3. The molecule has 3 rings (SSSR count). The minimum atomic E-state index is 0. The largest absolute Gasteiger partial charge is 0.494 e. The van der Waals surface area contributed by atoms with Crippen LogP contribution in [0.3, 0.4) is 0 Å². The van der Waals surface area contributed by atoms with Crippen LogP contribution in [-0.4, -0.2) is 31.1 Å². The third-order valence-electron chi connectivity index (χ3n) is 6.17. The monoisotopic (exact) mass is 429 g/mol. The van der Waals surface area contributed by atoms with Gasteiger partial charge in [0.05, 0.1) is 6.61 Å². The molecule has 3 heteroatoms. The van der Waals surface area contributed by atoms with Crippen LogP contribution in [0, 0.1) is 0 Å². The van der Waals surface area contributed by atoms with Crippen LogP contribution in [-0.2, 0) is 6.42 Å². The molecule has 0 aromatic heterocycles. The average Bonchev–Trinajstić information content (AvgIpc) is 2.78. The molecule has 166 valence electrons. The summed E-state index contributed by atoms with van der Waals surface area (Å²) in [7, 11) is 0. The molecule has 0 N–H and O–H groups in total. The lowest BCUT2D eigenvalue weighted by Gasteiger charge is -2.26. The molecule has 1 saturated heterocycles. The standard InChI is InChI=1S/C27H39NO.ClH/c1-24(26-13-7-5-8-14-26)23-25-15-17-27(18-16-25)29-22-12-4-2-3-9-19-28-20-10-6-11-21-28;/h5,7-8,13-18,24H,2-4,6,9-12,19-23H2,1H3;1H. The Kier molecular flexibility index (Phi) is 12.0. The Morgan fingerprint density at radius 3 is 2.20 bits per heavy atom. The maximum atomic E-state index is 5.94. The fourth-order valence-electron chi connectivity index (χ4n) is 4.32. The van der Waals surface area contributed by atoms with E-state index in [0.29, 0.717) is 5.92 Å². The van der Waals surface area contributed by atoms with Gasteiger partial charge in [-0.25, -0.2) is 0 Å². The van der Waals surface area contributed by atoms with Gasteiger partial charge in [0.25, 0.3) is 0 Å². The summed E-state index contributed by atoms with van der Waals surface area (Å²) >= 11 is 0. The molecule has 1 unspecified atom stereocenters. The Bertz CT molecular complexity index is 667. The smallest absolute Gasteiger partial charge is 0.119 e. The van der Waals surface area contributed by atoms with Crippen LogP contribution in [0.2, 0.25) is 0 Å². The van der Waals surface area contributed by atoms with Crippen molar-refractivity contribution >= 4 is 12.4 Å². The molecule has 30 heavy (non-hydrogen) atoms. The molecule has 0 bridgehead atoms. The molecule has 1 atom stereocenters. The zero-order valence-corrected chi connectivity index (χ0v) is 19.5. The summed E-state index contributed by atoms with van der Waals surface area (Å²) in [5.74, 6) is 1.55. The Labute approximate surface area is 190 Å². The van der Waals surface area contributed by atoms with Crippen molar-refractivity contribution < 1.29 is 4.74 Å². The third-order valence-corrected chi connectivity index (χ3v) is 6.17. The van der Waals surface area contributed by atoms with Gasteiger partial charge < -0.3 is 9.64 Å². The van der Waals surface area contributed by atoms with Gasteiger partial charge in [0.2, 0.25) is 0 Å². The molecule has 1 aliphatic heterocycles. The second-order valence-corrected chi connectivity index (χ2v) is 8.68. The number of ether oxygens (including phenoxy) is 1. The van der Waals surface area contributed by atoms with E-state index in [0.717, 1.165) is 25.2 Å². The maximum absolute atomic E-state index is 5.94. The van der Waals surface area contributed by atoms with Gasteiger partial charge in [0.1, 0.15) is 5.75 Å². The minimum Gasteiger partial charge on any atom is -0.494 e. The number of hydrogen-bond donors (Lipinski definition) is 0. The molecule has 2 nitrogen and oxygen atoms in total. The first-order valence-electron chi connectivity index (χ1n) is 11.8. The number of benzene rings is 2. The van der Waals surface area contributed by atoms with Gasteiger partial charge in [-0.2, -0.15) is 0 Å². The van der Waals surface area contributed by atoms with Crippen LogP contribution in [0.15, 0.2) is 54.6 Å². The number of unbranched alkanes of at least 4 members (excludes halogenated alkanes) is 4. The van der Waals surface area contributed by atoms with E-state index in [-0.39, 0.29) is 12.4 Å². The van der Waals surface area contributed by atoms with Gasteiger partial charge in [-0.1, -0.05) is 75.1 Å². The second kappa shape index (κ2) is 14.5. The van der Waals surface area contributed by atoms with E-state index in [1.54, 1.807) is 0 Å². The van der Waals surface area contributed by atoms with Crippen molar-refractivity contribution in [2.45, 2.75) is 70.6 Å². The highest BCUT2D eigenvalue weighted by Gasteiger charge is 2.09. The van der Waals surface area contributed by atoms with Crippen molar-refractivity contribution in [1.29, 1.82) is 0 Å². The summed E-state index contributed by atoms with van der Waals surface area (Å²) < 4.78 is 5.94. The van der Waals surface area contributed by atoms with Crippen LogP contribution >= 0.6 is 12.4 Å². The highest BCUT2D eigenvalue weighted by Crippen LogP contribution is 2.22. The van der Waals surface area contributed by atoms with Crippen LogP contribution in [0.1, 0.15) is 75.3 Å². The predicted octanol–water partition coefficient (Wildman–Crippen LogP) is 7.27. The third kappa shape index (κ3) is 9.10. The van der Waals surface area contributed by atoms with Crippen LogP contribution < -0.4 is 4.74 Å². The summed E-state index contributed by atoms with van der Waals surface area (Å²) in [5, 5.41) is 0. The van der Waals surface area contributed by atoms with E-state index in [1.165, 1.54) is 75.7 Å². The summed E-state index contributed by atoms with van der Waals surface area (Å²) in [6, 6.07) is 19.5. The summed E-state index contributed by atoms with van der Waals surface area (Å²) in [5.41, 5.74) is 2.78. The lowest BCUT2D eigenvalue weighted by molar-refractivity contribution is 0.223. The lowest BCUT2D eigenvalue weighted by Crippen LogP contribution is -2.30. The molecular weight excluding hydrogens is 390 g/mol. The molecule has 0 amide bonds. The van der Waals surface area contributed by atoms with E-state index in [1.807, 2.05) is 0 Å². The fourth-order valence-corrected chi connectivity index (χ4v) is 4.32. The fraction of sp³-hybridized carbons (Fsp3) is 0.556. The van der Waals surface area contributed by atoms with E-state index < -0.39 is 0 Å². The Hall–Kier alpha value is -1.51. The van der Waals surface area contributed by atoms with E-state index in [2.05, 4.69) is 66.4 Å². The Morgan fingerprint density at radius 1 is 0.800 bits per heavy atom. The van der Waals surface area contributed by atoms with E-state index >= 15 is 0 Å². The molecule has 2 aromatic carbocycles. The van der Waals surface area contributed by atoms with Crippen LogP contribution in [0.5, 0.6) is 5.75 Å². The van der Waals surface area contributed by atoms with Gasteiger partial charge >= 0.3 is 0 Å². The number of rotatable bonds is 12. The number of piperidine rings is 1. The normalized spacial score (nSPS) is 15.4. The zero-order chi connectivity index (χ0) is 20.2. The molecule has 1 fully saturated rings. The SMILES string of the molecule is CC(Cc1ccc(OCCCCCCCN2CCCCC2)cc1)c1ccccc1.Cl. The van der Waals surface area contributed by atoms with Crippen molar-refractivity contribution in [2.24, 2.45) is 0 Å². The lowest BCUT2D eigenvalue weighted by atomic mass is 9.94. The van der Waals surface area contributed by atoms with Crippen molar-refractivity contribution in [1.82, 2.24) is 4.90 Å². The Balaban J connectivity index is 0.00000320. The number of halogens is 1. The topological polar surface area (TPSA) is 12.5 Å². The predicted molar refractivity (Wildman–Crippen MR) is 131 cm³/mol. The van der Waals surface area contributed by atoms with E-state index in [4.69, 9.17) is 4.74 Å². The minimum absolute atomic E-state index is 0. The number of likely N-dealkylation sites (tertiary alicyclic amines) is 1. The first-order valence-corrected chi connectivity index (χ1v) is 11.8. The summed E-state index contributed by atoms with van der Waals surface area (Å²) in [4.78, 5) is 2.65. The summed E-state index contributed by atoms with van der Waals surface area (Å²) in [6.45, 7) is 7.11. The average molecular weight is 430 g/mol. The van der Waals surface area contributed by atoms with Crippen molar-refractivity contribution in [2.75, 3.05) is 26.2 Å². The van der Waals surface area contributed by atoms with E-state index in [9.17, 15) is 0 Å². The van der Waals surface area contributed by atoms with Gasteiger partial charge in [0.15, 0.2) is 0 Å². The second-order valence-electron chi connectivity index (χ2n) is 8.68. The maximum Gasteiger partial charge on any atom is 0.119 e. The molecule has 0 saturated carbocycles. The van der Waals surface area contributed by atoms with Crippen molar-refractivity contribution in [3.63, 3.8) is 0 Å². The van der Waals surface area contributed by atoms with Gasteiger partial charge in [-0.3, -0.25) is 0 Å². The zero-order valence-electron chi connectivity index (χ0n) is 18.7. The van der Waals surface area contributed by atoms with Gasteiger partial charge in [-0.15, -0.1) is 12.4 Å². The number of nitrogens with zero attached hydrogens (tertiary/aromatic N) is 1. The highest BCUT2D eigenvalue weighted by molar-refractivity contribution is 5.85. The molecule has 0 spiro atoms.